The van der Waals surface area contributed by atoms with E-state index in [0.29, 0.717) is 12.2 Å². The standard InChI is InChI=1S/C21H22N2O3/c1-4-26-21(25)17-19(22-12-15-10-6-5-8-13(15)2)16-11-7-9-14(3)18(16)23-20(17)24/h5-11H,4,12H2,1-3H3,(H2,22,23,24). The molecule has 0 atom stereocenters. The highest BCUT2D eigenvalue weighted by Gasteiger charge is 2.21. The van der Waals surface area contributed by atoms with E-state index in [2.05, 4.69) is 10.3 Å². The molecule has 26 heavy (non-hydrogen) atoms. The molecule has 0 fully saturated rings. The number of hydrogen-bond acceptors (Lipinski definition) is 4. The SMILES string of the molecule is CCOC(=O)c1c(NCc2ccccc2C)c2cccc(C)c2[nH]c1=O. The molecule has 0 aliphatic heterocycles. The summed E-state index contributed by atoms with van der Waals surface area (Å²) in [5.74, 6) is -0.621. The van der Waals surface area contributed by atoms with Crippen LogP contribution in [0.4, 0.5) is 5.69 Å². The molecule has 5 heteroatoms. The van der Waals surface area contributed by atoms with E-state index in [0.717, 1.165) is 27.6 Å². The molecule has 0 unspecified atom stereocenters. The zero-order valence-electron chi connectivity index (χ0n) is 15.2. The number of ether oxygens (including phenoxy) is 1. The van der Waals surface area contributed by atoms with Crippen LogP contribution in [-0.2, 0) is 11.3 Å². The fourth-order valence-corrected chi connectivity index (χ4v) is 3.04. The van der Waals surface area contributed by atoms with Gasteiger partial charge < -0.3 is 15.0 Å². The van der Waals surface area contributed by atoms with Crippen LogP contribution >= 0.6 is 0 Å². The van der Waals surface area contributed by atoms with Gasteiger partial charge in [0.2, 0.25) is 0 Å². The number of nitrogens with one attached hydrogen (secondary N) is 2. The minimum Gasteiger partial charge on any atom is -0.462 e. The van der Waals surface area contributed by atoms with Gasteiger partial charge in [-0.05, 0) is 37.5 Å². The van der Waals surface area contributed by atoms with Gasteiger partial charge >= 0.3 is 5.97 Å². The van der Waals surface area contributed by atoms with E-state index in [9.17, 15) is 9.59 Å². The zero-order valence-corrected chi connectivity index (χ0v) is 15.2. The number of aryl methyl sites for hydroxylation is 2. The predicted molar refractivity (Wildman–Crippen MR) is 104 cm³/mol. The van der Waals surface area contributed by atoms with E-state index in [1.807, 2.05) is 56.3 Å². The third-order valence-electron chi connectivity index (χ3n) is 4.45. The molecule has 2 N–H and O–H groups in total. The number of aromatic amines is 1. The zero-order chi connectivity index (χ0) is 18.7. The smallest absolute Gasteiger partial charge is 0.345 e. The summed E-state index contributed by atoms with van der Waals surface area (Å²) in [7, 11) is 0. The normalized spacial score (nSPS) is 10.7. The molecule has 0 bridgehead atoms. The number of anilines is 1. The number of carbonyl (C=O) groups excluding carboxylic acids is 1. The predicted octanol–water partition coefficient (Wildman–Crippen LogP) is 3.93. The highest BCUT2D eigenvalue weighted by Crippen LogP contribution is 2.27. The summed E-state index contributed by atoms with van der Waals surface area (Å²) < 4.78 is 5.11. The Balaban J connectivity index is 2.15. The van der Waals surface area contributed by atoms with Crippen molar-refractivity contribution in [3.8, 4) is 0 Å². The number of para-hydroxylation sites is 1. The van der Waals surface area contributed by atoms with Crippen molar-refractivity contribution in [2.75, 3.05) is 11.9 Å². The van der Waals surface area contributed by atoms with Crippen LogP contribution < -0.4 is 10.9 Å². The number of pyridine rings is 1. The Kier molecular flexibility index (Phi) is 5.07. The van der Waals surface area contributed by atoms with Crippen LogP contribution in [0.3, 0.4) is 0 Å². The number of aromatic nitrogens is 1. The second-order valence-electron chi connectivity index (χ2n) is 6.20. The molecule has 0 amide bonds. The second kappa shape index (κ2) is 7.44. The van der Waals surface area contributed by atoms with Gasteiger partial charge in [-0.1, -0.05) is 42.5 Å². The number of H-pyrrole nitrogens is 1. The number of esters is 1. The highest BCUT2D eigenvalue weighted by molar-refractivity contribution is 6.05. The third-order valence-corrected chi connectivity index (χ3v) is 4.45. The van der Waals surface area contributed by atoms with Crippen molar-refractivity contribution in [1.82, 2.24) is 4.98 Å². The summed E-state index contributed by atoms with van der Waals surface area (Å²) in [5, 5.41) is 4.09. The summed E-state index contributed by atoms with van der Waals surface area (Å²) in [5.41, 5.74) is 3.98. The Hall–Kier alpha value is -3.08. The fourth-order valence-electron chi connectivity index (χ4n) is 3.04. The van der Waals surface area contributed by atoms with Gasteiger partial charge in [0.25, 0.3) is 5.56 Å². The van der Waals surface area contributed by atoms with Gasteiger partial charge in [0.05, 0.1) is 17.8 Å². The van der Waals surface area contributed by atoms with Crippen LogP contribution in [0.5, 0.6) is 0 Å². The summed E-state index contributed by atoms with van der Waals surface area (Å²) >= 11 is 0. The lowest BCUT2D eigenvalue weighted by molar-refractivity contribution is 0.0525. The highest BCUT2D eigenvalue weighted by atomic mass is 16.5. The van der Waals surface area contributed by atoms with Crippen LogP contribution in [0.2, 0.25) is 0 Å². The maximum Gasteiger partial charge on any atom is 0.345 e. The molecule has 1 aromatic heterocycles. The molecule has 0 aliphatic carbocycles. The molecular formula is C21H22N2O3. The van der Waals surface area contributed by atoms with Crippen LogP contribution in [0.1, 0.15) is 34.0 Å². The molecule has 0 aliphatic rings. The first-order valence-electron chi connectivity index (χ1n) is 8.64. The number of hydrogen-bond donors (Lipinski definition) is 2. The van der Waals surface area contributed by atoms with Gasteiger partial charge in [-0.15, -0.1) is 0 Å². The quantitative estimate of drug-likeness (QED) is 0.684. The first kappa shape index (κ1) is 17.7. The van der Waals surface area contributed by atoms with E-state index >= 15 is 0 Å². The molecule has 2 aromatic carbocycles. The second-order valence-corrected chi connectivity index (χ2v) is 6.20. The minimum atomic E-state index is -0.621. The lowest BCUT2D eigenvalue weighted by Gasteiger charge is -2.15. The molecule has 5 nitrogen and oxygen atoms in total. The van der Waals surface area contributed by atoms with E-state index in [4.69, 9.17) is 4.74 Å². The van der Waals surface area contributed by atoms with Crippen molar-refractivity contribution >= 4 is 22.6 Å². The van der Waals surface area contributed by atoms with Crippen LogP contribution in [-0.4, -0.2) is 17.6 Å². The van der Waals surface area contributed by atoms with E-state index in [1.54, 1.807) is 6.92 Å². The molecule has 0 spiro atoms. The number of fused-ring (bicyclic) bond motifs is 1. The van der Waals surface area contributed by atoms with Gasteiger partial charge in [0.1, 0.15) is 5.56 Å². The fraction of sp³-hybridized carbons (Fsp3) is 0.238. The largest absolute Gasteiger partial charge is 0.462 e. The molecule has 1 heterocycles. The van der Waals surface area contributed by atoms with Crippen molar-refractivity contribution in [2.45, 2.75) is 27.3 Å². The molecule has 0 saturated carbocycles. The molecular weight excluding hydrogens is 328 g/mol. The van der Waals surface area contributed by atoms with Crippen molar-refractivity contribution in [2.24, 2.45) is 0 Å². The van der Waals surface area contributed by atoms with Crippen molar-refractivity contribution < 1.29 is 9.53 Å². The van der Waals surface area contributed by atoms with Crippen molar-refractivity contribution in [1.29, 1.82) is 0 Å². The number of rotatable bonds is 5. The van der Waals surface area contributed by atoms with E-state index in [1.165, 1.54) is 0 Å². The Morgan fingerprint density at radius 2 is 1.81 bits per heavy atom. The molecule has 0 radical (unpaired) electrons. The first-order chi connectivity index (χ1) is 12.5. The van der Waals surface area contributed by atoms with Crippen LogP contribution in [0.15, 0.2) is 47.3 Å². The minimum absolute atomic E-state index is 0.0125. The van der Waals surface area contributed by atoms with Gasteiger partial charge in [-0.3, -0.25) is 4.79 Å². The molecule has 3 rings (SSSR count). The van der Waals surface area contributed by atoms with E-state index in [-0.39, 0.29) is 12.2 Å². The lowest BCUT2D eigenvalue weighted by atomic mass is 10.0. The Morgan fingerprint density at radius 1 is 1.08 bits per heavy atom. The van der Waals surface area contributed by atoms with Crippen molar-refractivity contribution in [3.63, 3.8) is 0 Å². The third kappa shape index (κ3) is 3.33. The lowest BCUT2D eigenvalue weighted by Crippen LogP contribution is -2.23. The number of carbonyl (C=O) groups is 1. The summed E-state index contributed by atoms with van der Waals surface area (Å²) in [6.45, 7) is 6.39. The Bertz CT molecular complexity index is 1020. The van der Waals surface area contributed by atoms with Crippen LogP contribution in [0, 0.1) is 13.8 Å². The van der Waals surface area contributed by atoms with Gasteiger partial charge in [0.15, 0.2) is 0 Å². The van der Waals surface area contributed by atoms with Crippen molar-refractivity contribution in [3.05, 3.63) is 75.1 Å². The Morgan fingerprint density at radius 3 is 2.54 bits per heavy atom. The van der Waals surface area contributed by atoms with E-state index < -0.39 is 11.5 Å². The summed E-state index contributed by atoms with van der Waals surface area (Å²) in [4.78, 5) is 27.8. The van der Waals surface area contributed by atoms with Gasteiger partial charge in [-0.25, -0.2) is 4.79 Å². The number of benzene rings is 2. The summed E-state index contributed by atoms with van der Waals surface area (Å²) in [6.07, 6.45) is 0. The van der Waals surface area contributed by atoms with Gasteiger partial charge in [-0.2, -0.15) is 0 Å². The Labute approximate surface area is 152 Å². The van der Waals surface area contributed by atoms with Gasteiger partial charge in [0, 0.05) is 11.9 Å². The molecule has 0 saturated heterocycles. The monoisotopic (exact) mass is 350 g/mol. The maximum absolute atomic E-state index is 12.6. The topological polar surface area (TPSA) is 71.2 Å². The first-order valence-corrected chi connectivity index (χ1v) is 8.64. The van der Waals surface area contributed by atoms with Crippen LogP contribution in [0.25, 0.3) is 10.9 Å². The average molecular weight is 350 g/mol. The molecule has 134 valence electrons. The summed E-state index contributed by atoms with van der Waals surface area (Å²) in [6, 6.07) is 13.7. The molecule has 3 aromatic rings. The average Bonchev–Trinajstić information content (AvgIpc) is 2.61. The maximum atomic E-state index is 12.6.